The van der Waals surface area contributed by atoms with Gasteiger partial charge in [-0.05, 0) is 34.2 Å². The zero-order valence-corrected chi connectivity index (χ0v) is 15.8. The summed E-state index contributed by atoms with van der Waals surface area (Å²) >= 11 is 1.25. The van der Waals surface area contributed by atoms with Gasteiger partial charge in [-0.2, -0.15) is 4.68 Å². The van der Waals surface area contributed by atoms with Crippen LogP contribution in [0, 0.1) is 5.82 Å². The molecule has 1 fully saturated rings. The molecule has 144 valence electrons. The number of morpholine rings is 1. The van der Waals surface area contributed by atoms with Crippen LogP contribution in [0.1, 0.15) is 10.8 Å². The van der Waals surface area contributed by atoms with Gasteiger partial charge < -0.3 is 9.64 Å². The smallest absolute Gasteiger partial charge is 0.240 e. The Bertz CT molecular complexity index is 946. The monoisotopic (exact) mass is 399 g/mol. The van der Waals surface area contributed by atoms with Crippen LogP contribution in [-0.2, 0) is 9.53 Å². The molecule has 1 aromatic heterocycles. The second-order valence-electron chi connectivity index (χ2n) is 6.20. The molecule has 4 rings (SSSR count). The van der Waals surface area contributed by atoms with Gasteiger partial charge in [0, 0.05) is 13.1 Å². The maximum atomic E-state index is 13.6. The largest absolute Gasteiger partial charge is 0.378 e. The van der Waals surface area contributed by atoms with Crippen LogP contribution in [0.2, 0.25) is 0 Å². The number of aromatic nitrogens is 4. The number of carbonyl (C=O) groups excluding carboxylic acids is 1. The van der Waals surface area contributed by atoms with Crippen molar-refractivity contribution >= 4 is 17.7 Å². The summed E-state index contributed by atoms with van der Waals surface area (Å²) < 4.78 is 20.4. The third-order valence-electron chi connectivity index (χ3n) is 4.37. The second-order valence-corrected chi connectivity index (χ2v) is 7.27. The van der Waals surface area contributed by atoms with Gasteiger partial charge in [0.25, 0.3) is 0 Å². The van der Waals surface area contributed by atoms with Crippen molar-refractivity contribution in [3.05, 3.63) is 66.0 Å². The molecule has 0 radical (unpaired) electrons. The van der Waals surface area contributed by atoms with Crippen LogP contribution in [-0.4, -0.2) is 57.3 Å². The van der Waals surface area contributed by atoms with Crippen LogP contribution in [0.3, 0.4) is 0 Å². The second kappa shape index (κ2) is 8.49. The molecule has 0 bridgehead atoms. The number of carbonyl (C=O) groups is 1. The Morgan fingerprint density at radius 2 is 1.89 bits per heavy atom. The molecule has 0 saturated carbocycles. The molecule has 0 N–H and O–H groups in total. The third kappa shape index (κ3) is 4.05. The number of halogens is 1. The normalized spacial score (nSPS) is 15.4. The Balaban J connectivity index is 1.65. The molecule has 0 spiro atoms. The molecule has 1 aliphatic rings. The summed E-state index contributed by atoms with van der Waals surface area (Å²) in [7, 11) is 0. The van der Waals surface area contributed by atoms with Gasteiger partial charge in [0.15, 0.2) is 0 Å². The van der Waals surface area contributed by atoms with E-state index >= 15 is 0 Å². The molecule has 0 aliphatic carbocycles. The molecular formula is C19H18FN5O2S. The minimum atomic E-state index is -0.516. The zero-order valence-electron chi connectivity index (χ0n) is 14.9. The van der Waals surface area contributed by atoms with E-state index in [9.17, 15) is 9.18 Å². The van der Waals surface area contributed by atoms with E-state index in [0.717, 1.165) is 5.56 Å². The highest BCUT2D eigenvalue weighted by Gasteiger charge is 2.30. The molecule has 1 amide bonds. The van der Waals surface area contributed by atoms with E-state index < -0.39 is 5.25 Å². The van der Waals surface area contributed by atoms with Crippen molar-refractivity contribution in [1.82, 2.24) is 25.1 Å². The van der Waals surface area contributed by atoms with Crippen LogP contribution in [0.15, 0.2) is 59.8 Å². The van der Waals surface area contributed by atoms with Crippen molar-refractivity contribution in [3.8, 4) is 5.69 Å². The standard InChI is InChI=1S/C19H18FN5O2S/c20-15-7-4-8-16(13-15)25-19(21-22-23-25)28-17(14-5-2-1-3-6-14)18(26)24-9-11-27-12-10-24/h1-8,13,17H,9-12H2/t17-/m1/s1. The molecular weight excluding hydrogens is 381 g/mol. The molecule has 2 aromatic carbocycles. The maximum absolute atomic E-state index is 13.6. The first-order chi connectivity index (χ1) is 13.7. The lowest BCUT2D eigenvalue weighted by atomic mass is 10.1. The molecule has 1 atom stereocenters. The van der Waals surface area contributed by atoms with Crippen molar-refractivity contribution in [3.63, 3.8) is 0 Å². The summed E-state index contributed by atoms with van der Waals surface area (Å²) in [4.78, 5) is 15.0. The fraction of sp³-hybridized carbons (Fsp3) is 0.263. The highest BCUT2D eigenvalue weighted by molar-refractivity contribution is 8.00. The minimum absolute atomic E-state index is 0.0201. The van der Waals surface area contributed by atoms with Crippen molar-refractivity contribution in [2.24, 2.45) is 0 Å². The average Bonchev–Trinajstić information content (AvgIpc) is 3.21. The summed E-state index contributed by atoms with van der Waals surface area (Å²) in [5.41, 5.74) is 1.36. The number of ether oxygens (including phenoxy) is 1. The summed E-state index contributed by atoms with van der Waals surface area (Å²) in [5.74, 6) is -0.402. The molecule has 3 aromatic rings. The van der Waals surface area contributed by atoms with Gasteiger partial charge in [-0.3, -0.25) is 4.79 Å². The highest BCUT2D eigenvalue weighted by atomic mass is 32.2. The van der Waals surface area contributed by atoms with E-state index in [1.807, 2.05) is 30.3 Å². The number of tetrazole rings is 1. The first-order valence-corrected chi connectivity index (χ1v) is 9.73. The number of benzene rings is 2. The van der Waals surface area contributed by atoms with E-state index in [1.54, 1.807) is 17.0 Å². The summed E-state index contributed by atoms with van der Waals surface area (Å²) in [6, 6.07) is 15.5. The van der Waals surface area contributed by atoms with E-state index in [0.29, 0.717) is 37.1 Å². The lowest BCUT2D eigenvalue weighted by molar-refractivity contribution is -0.134. The Labute approximate surface area is 165 Å². The number of thioether (sulfide) groups is 1. The molecule has 0 unspecified atom stereocenters. The van der Waals surface area contributed by atoms with Gasteiger partial charge in [0.05, 0.1) is 18.9 Å². The Morgan fingerprint density at radius 1 is 1.11 bits per heavy atom. The molecule has 7 nitrogen and oxygen atoms in total. The molecule has 9 heteroatoms. The number of hydrogen-bond donors (Lipinski definition) is 0. The summed E-state index contributed by atoms with van der Waals surface area (Å²) in [5, 5.41) is 11.7. The molecule has 1 saturated heterocycles. The van der Waals surface area contributed by atoms with E-state index in [4.69, 9.17) is 4.74 Å². The first-order valence-electron chi connectivity index (χ1n) is 8.85. The van der Waals surface area contributed by atoms with Crippen LogP contribution < -0.4 is 0 Å². The van der Waals surface area contributed by atoms with Gasteiger partial charge in [-0.15, -0.1) is 5.10 Å². The van der Waals surface area contributed by atoms with Gasteiger partial charge in [-0.25, -0.2) is 4.39 Å². The predicted octanol–water partition coefficient (Wildman–Crippen LogP) is 2.49. The Hall–Kier alpha value is -2.78. The molecule has 28 heavy (non-hydrogen) atoms. The zero-order chi connectivity index (χ0) is 19.3. The summed E-state index contributed by atoms with van der Waals surface area (Å²) in [6.45, 7) is 2.16. The van der Waals surface area contributed by atoms with Gasteiger partial charge in [0.1, 0.15) is 11.1 Å². The van der Waals surface area contributed by atoms with Crippen molar-refractivity contribution in [1.29, 1.82) is 0 Å². The van der Waals surface area contributed by atoms with Crippen LogP contribution in [0.25, 0.3) is 5.69 Å². The van der Waals surface area contributed by atoms with Gasteiger partial charge in [0.2, 0.25) is 11.1 Å². The molecule has 1 aliphatic heterocycles. The lowest BCUT2D eigenvalue weighted by Gasteiger charge is -2.30. The van der Waals surface area contributed by atoms with Gasteiger partial charge >= 0.3 is 0 Å². The highest BCUT2D eigenvalue weighted by Crippen LogP contribution is 2.36. The fourth-order valence-electron chi connectivity index (χ4n) is 2.97. The van der Waals surface area contributed by atoms with E-state index in [2.05, 4.69) is 15.5 Å². The first kappa shape index (κ1) is 18.6. The number of hydrogen-bond acceptors (Lipinski definition) is 6. The SMILES string of the molecule is O=C([C@H](Sc1nnnn1-c1cccc(F)c1)c1ccccc1)N1CCOCC1. The van der Waals surface area contributed by atoms with E-state index in [1.165, 1.54) is 28.6 Å². The maximum Gasteiger partial charge on any atom is 0.240 e. The Kier molecular flexibility index (Phi) is 5.63. The van der Waals surface area contributed by atoms with Crippen molar-refractivity contribution < 1.29 is 13.9 Å². The topological polar surface area (TPSA) is 73.1 Å². The fourth-order valence-corrected chi connectivity index (χ4v) is 4.05. The number of amides is 1. The van der Waals surface area contributed by atoms with E-state index in [-0.39, 0.29) is 11.7 Å². The third-order valence-corrected chi connectivity index (χ3v) is 5.54. The lowest BCUT2D eigenvalue weighted by Crippen LogP contribution is -2.42. The van der Waals surface area contributed by atoms with Crippen LogP contribution in [0.5, 0.6) is 0 Å². The predicted molar refractivity (Wildman–Crippen MR) is 102 cm³/mol. The molecule has 2 heterocycles. The van der Waals surface area contributed by atoms with Crippen LogP contribution in [0.4, 0.5) is 4.39 Å². The summed E-state index contributed by atoms with van der Waals surface area (Å²) in [6.07, 6.45) is 0. The average molecular weight is 399 g/mol. The Morgan fingerprint density at radius 3 is 2.64 bits per heavy atom. The number of rotatable bonds is 5. The van der Waals surface area contributed by atoms with Crippen molar-refractivity contribution in [2.75, 3.05) is 26.3 Å². The van der Waals surface area contributed by atoms with Crippen molar-refractivity contribution in [2.45, 2.75) is 10.4 Å². The van der Waals surface area contributed by atoms with Gasteiger partial charge in [-0.1, -0.05) is 48.2 Å². The quantitative estimate of drug-likeness (QED) is 0.614. The minimum Gasteiger partial charge on any atom is -0.378 e. The number of nitrogens with zero attached hydrogens (tertiary/aromatic N) is 5. The van der Waals surface area contributed by atoms with Crippen LogP contribution >= 0.6 is 11.8 Å².